The zero-order valence-corrected chi connectivity index (χ0v) is 8.62. The number of aldehydes is 1. The summed E-state index contributed by atoms with van der Waals surface area (Å²) in [7, 11) is 0. The molecular formula is C13H12O2. The summed E-state index contributed by atoms with van der Waals surface area (Å²) >= 11 is 0. The van der Waals surface area contributed by atoms with E-state index in [1.807, 2.05) is 0 Å². The van der Waals surface area contributed by atoms with Crippen molar-refractivity contribution in [2.24, 2.45) is 0 Å². The lowest BCUT2D eigenvalue weighted by Gasteiger charge is -2.06. The van der Waals surface area contributed by atoms with Crippen molar-refractivity contribution in [2.75, 3.05) is 0 Å². The van der Waals surface area contributed by atoms with Gasteiger partial charge in [-0.05, 0) is 30.2 Å². The summed E-state index contributed by atoms with van der Waals surface area (Å²) in [4.78, 5) is 22.1. The molecule has 15 heavy (non-hydrogen) atoms. The van der Waals surface area contributed by atoms with Crippen molar-refractivity contribution in [3.63, 3.8) is 0 Å². The summed E-state index contributed by atoms with van der Waals surface area (Å²) in [6.45, 7) is 8.72. The van der Waals surface area contributed by atoms with Gasteiger partial charge in [-0.15, -0.1) is 0 Å². The van der Waals surface area contributed by atoms with E-state index in [9.17, 15) is 9.59 Å². The SMILES string of the molecule is C=Cc1cc(C=O)c(C(C)=O)cc1C=C. The summed E-state index contributed by atoms with van der Waals surface area (Å²) in [5.41, 5.74) is 2.42. The first-order valence-corrected chi connectivity index (χ1v) is 4.53. The van der Waals surface area contributed by atoms with Crippen molar-refractivity contribution in [1.29, 1.82) is 0 Å². The number of rotatable bonds is 4. The topological polar surface area (TPSA) is 34.1 Å². The lowest BCUT2D eigenvalue weighted by molar-refractivity contribution is 0.101. The van der Waals surface area contributed by atoms with E-state index in [0.717, 1.165) is 11.1 Å². The second-order valence-corrected chi connectivity index (χ2v) is 3.15. The van der Waals surface area contributed by atoms with Crippen LogP contribution in [0.3, 0.4) is 0 Å². The molecule has 1 aromatic rings. The van der Waals surface area contributed by atoms with Crippen LogP contribution in [0.4, 0.5) is 0 Å². The van der Waals surface area contributed by atoms with Crippen LogP contribution in [0.5, 0.6) is 0 Å². The molecule has 76 valence electrons. The van der Waals surface area contributed by atoms with Crippen LogP contribution in [0.15, 0.2) is 25.3 Å². The molecule has 0 atom stereocenters. The average molecular weight is 200 g/mol. The van der Waals surface area contributed by atoms with E-state index < -0.39 is 0 Å². The maximum atomic E-state index is 11.3. The average Bonchev–Trinajstić information content (AvgIpc) is 2.26. The Morgan fingerprint density at radius 2 is 1.67 bits per heavy atom. The predicted molar refractivity (Wildman–Crippen MR) is 62.0 cm³/mol. The second-order valence-electron chi connectivity index (χ2n) is 3.15. The van der Waals surface area contributed by atoms with Crippen LogP contribution in [0, 0.1) is 0 Å². The smallest absolute Gasteiger partial charge is 0.160 e. The number of ketones is 1. The van der Waals surface area contributed by atoms with Crippen LogP contribution in [-0.2, 0) is 0 Å². The standard InChI is InChI=1S/C13H12O2/c1-4-10-6-12(8-14)13(9(3)15)7-11(10)5-2/h4-8H,1-2H2,3H3. The number of carbonyl (C=O) groups is 2. The fourth-order valence-corrected chi connectivity index (χ4v) is 1.41. The molecule has 0 bridgehead atoms. The van der Waals surface area contributed by atoms with E-state index in [2.05, 4.69) is 13.2 Å². The van der Waals surface area contributed by atoms with Gasteiger partial charge in [-0.25, -0.2) is 0 Å². The van der Waals surface area contributed by atoms with Crippen molar-refractivity contribution in [1.82, 2.24) is 0 Å². The molecule has 0 saturated heterocycles. The van der Waals surface area contributed by atoms with Gasteiger partial charge in [-0.3, -0.25) is 9.59 Å². The van der Waals surface area contributed by atoms with Crippen molar-refractivity contribution in [3.8, 4) is 0 Å². The summed E-state index contributed by atoms with van der Waals surface area (Å²) in [6.07, 6.45) is 3.95. The van der Waals surface area contributed by atoms with E-state index in [4.69, 9.17) is 0 Å². The summed E-state index contributed by atoms with van der Waals surface area (Å²) in [5.74, 6) is -0.129. The number of benzene rings is 1. The fraction of sp³-hybridized carbons (Fsp3) is 0.0769. The second kappa shape index (κ2) is 4.51. The third-order valence-corrected chi connectivity index (χ3v) is 2.20. The molecule has 0 aliphatic rings. The molecule has 0 amide bonds. The first-order chi connectivity index (χ1) is 7.13. The minimum atomic E-state index is -0.129. The molecule has 0 fully saturated rings. The third kappa shape index (κ3) is 2.10. The van der Waals surface area contributed by atoms with E-state index in [1.54, 1.807) is 24.3 Å². The Kier molecular flexibility index (Phi) is 3.34. The van der Waals surface area contributed by atoms with Crippen molar-refractivity contribution >= 4 is 24.2 Å². The summed E-state index contributed by atoms with van der Waals surface area (Å²) < 4.78 is 0. The van der Waals surface area contributed by atoms with Gasteiger partial charge in [-0.2, -0.15) is 0 Å². The van der Waals surface area contributed by atoms with E-state index in [-0.39, 0.29) is 5.78 Å². The summed E-state index contributed by atoms with van der Waals surface area (Å²) in [5, 5.41) is 0. The van der Waals surface area contributed by atoms with Gasteiger partial charge in [0.15, 0.2) is 12.1 Å². The van der Waals surface area contributed by atoms with Gasteiger partial charge in [0.1, 0.15) is 0 Å². The Hall–Kier alpha value is -1.96. The molecule has 0 N–H and O–H groups in total. The largest absolute Gasteiger partial charge is 0.298 e. The normalized spacial score (nSPS) is 9.40. The minimum absolute atomic E-state index is 0.129. The van der Waals surface area contributed by atoms with Crippen LogP contribution in [0.2, 0.25) is 0 Å². The number of carbonyl (C=O) groups excluding carboxylic acids is 2. The van der Waals surface area contributed by atoms with Gasteiger partial charge in [0.2, 0.25) is 0 Å². The van der Waals surface area contributed by atoms with Crippen LogP contribution in [0.1, 0.15) is 38.8 Å². The lowest BCUT2D eigenvalue weighted by Crippen LogP contribution is -2.00. The molecule has 0 spiro atoms. The molecule has 0 saturated carbocycles. The molecule has 0 unspecified atom stereocenters. The van der Waals surface area contributed by atoms with Crippen LogP contribution in [0.25, 0.3) is 12.2 Å². The van der Waals surface area contributed by atoms with Gasteiger partial charge in [-0.1, -0.05) is 25.3 Å². The van der Waals surface area contributed by atoms with Gasteiger partial charge in [0.25, 0.3) is 0 Å². The summed E-state index contributed by atoms with van der Waals surface area (Å²) in [6, 6.07) is 3.31. The molecule has 2 heteroatoms. The van der Waals surface area contributed by atoms with Crippen molar-refractivity contribution in [3.05, 3.63) is 47.5 Å². The first-order valence-electron chi connectivity index (χ1n) is 4.53. The van der Waals surface area contributed by atoms with Gasteiger partial charge < -0.3 is 0 Å². The Morgan fingerprint density at radius 3 is 2.07 bits per heavy atom. The molecule has 0 aliphatic heterocycles. The Bertz CT molecular complexity index is 442. The van der Waals surface area contributed by atoms with Crippen molar-refractivity contribution in [2.45, 2.75) is 6.92 Å². The zero-order valence-electron chi connectivity index (χ0n) is 8.62. The number of Topliss-reactive ketones (excluding diaryl/α,β-unsaturated/α-hetero) is 1. The Labute approximate surface area is 88.9 Å². The highest BCUT2D eigenvalue weighted by Gasteiger charge is 2.09. The van der Waals surface area contributed by atoms with E-state index in [0.29, 0.717) is 17.4 Å². The monoisotopic (exact) mass is 200 g/mol. The third-order valence-electron chi connectivity index (χ3n) is 2.20. The predicted octanol–water partition coefficient (Wildman–Crippen LogP) is 2.99. The molecule has 2 nitrogen and oxygen atoms in total. The van der Waals surface area contributed by atoms with E-state index in [1.165, 1.54) is 6.92 Å². The Balaban J connectivity index is 3.53. The van der Waals surface area contributed by atoms with E-state index >= 15 is 0 Å². The highest BCUT2D eigenvalue weighted by Crippen LogP contribution is 2.18. The highest BCUT2D eigenvalue weighted by atomic mass is 16.1. The molecule has 0 radical (unpaired) electrons. The van der Waals surface area contributed by atoms with Crippen LogP contribution >= 0.6 is 0 Å². The van der Waals surface area contributed by atoms with Crippen molar-refractivity contribution < 1.29 is 9.59 Å². The van der Waals surface area contributed by atoms with Gasteiger partial charge in [0, 0.05) is 11.1 Å². The quantitative estimate of drug-likeness (QED) is 0.553. The molecule has 0 heterocycles. The first kappa shape index (κ1) is 11.1. The minimum Gasteiger partial charge on any atom is -0.298 e. The zero-order chi connectivity index (χ0) is 11.4. The molecule has 0 aromatic heterocycles. The maximum absolute atomic E-state index is 11.3. The molecule has 0 aliphatic carbocycles. The van der Waals surface area contributed by atoms with Crippen LogP contribution < -0.4 is 0 Å². The fourth-order valence-electron chi connectivity index (χ4n) is 1.41. The Morgan fingerprint density at radius 1 is 1.13 bits per heavy atom. The maximum Gasteiger partial charge on any atom is 0.160 e. The lowest BCUT2D eigenvalue weighted by atomic mass is 9.97. The van der Waals surface area contributed by atoms with Gasteiger partial charge >= 0.3 is 0 Å². The number of hydrogen-bond donors (Lipinski definition) is 0. The van der Waals surface area contributed by atoms with Crippen LogP contribution in [-0.4, -0.2) is 12.1 Å². The van der Waals surface area contributed by atoms with Gasteiger partial charge in [0.05, 0.1) is 0 Å². The highest BCUT2D eigenvalue weighted by molar-refractivity contribution is 6.02. The number of hydrogen-bond acceptors (Lipinski definition) is 2. The molecule has 1 rings (SSSR count). The molecule has 1 aromatic carbocycles. The molecular weight excluding hydrogens is 188 g/mol.